The van der Waals surface area contributed by atoms with Crippen LogP contribution in [0.5, 0.6) is 34.5 Å². The minimum absolute atomic E-state index is 0.0847. The Bertz CT molecular complexity index is 2700. The summed E-state index contributed by atoms with van der Waals surface area (Å²) in [7, 11) is -0.0892. The molecule has 0 fully saturated rings. The minimum Gasteiger partial charge on any atom is -0.545 e. The van der Waals surface area contributed by atoms with Crippen LogP contribution in [0.3, 0.4) is 0 Å². The summed E-state index contributed by atoms with van der Waals surface area (Å²) in [5.41, 5.74) is 0.871. The maximum Gasteiger partial charge on any atom is 0.213 e. The SMILES string of the molecule is O=C([O-])c1cc(Oc2ccccc2)c(Oc2ccccc2)c(Oc2ccccc2)c1-c1ccccc1.c1ccc([S+](c2ccccc2)c2cccc3ccccc23)cc1. The smallest absolute Gasteiger partial charge is 0.213 e. The van der Waals surface area contributed by atoms with E-state index < -0.39 is 5.97 Å². The molecule has 0 bridgehead atoms. The van der Waals surface area contributed by atoms with Crippen molar-refractivity contribution >= 4 is 27.6 Å². The van der Waals surface area contributed by atoms with Crippen LogP contribution in [0.25, 0.3) is 21.9 Å². The third-order valence-electron chi connectivity index (χ3n) is 9.31. The van der Waals surface area contributed by atoms with Gasteiger partial charge in [0.05, 0.1) is 16.9 Å². The highest BCUT2D eigenvalue weighted by Crippen LogP contribution is 2.51. The number of ether oxygens (including phenoxy) is 3. The molecular weight excluding hydrogens is 749 g/mol. The fourth-order valence-corrected chi connectivity index (χ4v) is 8.90. The van der Waals surface area contributed by atoms with Gasteiger partial charge in [-0.05, 0) is 89.8 Å². The Balaban J connectivity index is 0.000000180. The van der Waals surface area contributed by atoms with Gasteiger partial charge < -0.3 is 24.1 Å². The average Bonchev–Trinajstić information content (AvgIpc) is 3.30. The van der Waals surface area contributed by atoms with Crippen molar-refractivity contribution in [3.05, 3.63) is 236 Å². The van der Waals surface area contributed by atoms with Crippen LogP contribution in [0.15, 0.2) is 245 Å². The maximum atomic E-state index is 12.4. The normalized spacial score (nSPS) is 10.7. The van der Waals surface area contributed by atoms with Crippen LogP contribution in [-0.4, -0.2) is 5.97 Å². The molecule has 0 aliphatic heterocycles. The first kappa shape index (κ1) is 38.3. The molecule has 5 nitrogen and oxygen atoms in total. The quantitative estimate of drug-likeness (QED) is 0.122. The fourth-order valence-electron chi connectivity index (χ4n) is 6.64. The molecule has 0 aliphatic rings. The molecule has 0 aliphatic carbocycles. The van der Waals surface area contributed by atoms with Crippen molar-refractivity contribution in [3.8, 4) is 45.6 Å². The lowest BCUT2D eigenvalue weighted by molar-refractivity contribution is -0.255. The molecule has 0 spiro atoms. The van der Waals surface area contributed by atoms with E-state index in [0.717, 1.165) is 0 Å². The van der Waals surface area contributed by atoms with Gasteiger partial charge in [0.15, 0.2) is 26.2 Å². The average molecular weight is 787 g/mol. The summed E-state index contributed by atoms with van der Waals surface area (Å²) in [4.78, 5) is 16.5. The fraction of sp³-hybridized carbons (Fsp3) is 0. The van der Waals surface area contributed by atoms with E-state index in [0.29, 0.717) is 28.4 Å². The van der Waals surface area contributed by atoms with Gasteiger partial charge in [0.1, 0.15) is 17.2 Å². The van der Waals surface area contributed by atoms with E-state index in [1.54, 1.807) is 36.4 Å². The number of aromatic carboxylic acids is 1. The number of carboxylic acid groups (broad SMARTS) is 1. The van der Waals surface area contributed by atoms with Crippen molar-refractivity contribution in [1.82, 2.24) is 0 Å². The second-order valence-corrected chi connectivity index (χ2v) is 15.3. The first-order valence-electron chi connectivity index (χ1n) is 19.1. The van der Waals surface area contributed by atoms with Crippen LogP contribution in [0.1, 0.15) is 10.4 Å². The summed E-state index contributed by atoms with van der Waals surface area (Å²) in [6.45, 7) is 0. The van der Waals surface area contributed by atoms with Crippen molar-refractivity contribution in [1.29, 1.82) is 0 Å². The molecule has 0 aromatic heterocycles. The summed E-state index contributed by atoms with van der Waals surface area (Å²) in [6.07, 6.45) is 0. The number of rotatable bonds is 11. The third kappa shape index (κ3) is 9.21. The predicted molar refractivity (Wildman–Crippen MR) is 235 cm³/mol. The number of hydrogen-bond acceptors (Lipinski definition) is 5. The van der Waals surface area contributed by atoms with Gasteiger partial charge in [0.25, 0.3) is 0 Å². The maximum absolute atomic E-state index is 12.4. The molecular formula is C53H38O5S. The zero-order valence-corrected chi connectivity index (χ0v) is 32.7. The summed E-state index contributed by atoms with van der Waals surface area (Å²) < 4.78 is 18.8. The van der Waals surface area contributed by atoms with Crippen molar-refractivity contribution < 1.29 is 24.1 Å². The van der Waals surface area contributed by atoms with Crippen LogP contribution in [0, 0.1) is 0 Å². The van der Waals surface area contributed by atoms with Gasteiger partial charge in [-0.15, -0.1) is 0 Å². The van der Waals surface area contributed by atoms with E-state index in [4.69, 9.17) is 14.2 Å². The van der Waals surface area contributed by atoms with Gasteiger partial charge in [0, 0.05) is 16.5 Å². The molecule has 9 aromatic carbocycles. The summed E-state index contributed by atoms with van der Waals surface area (Å²) in [6, 6.07) is 74.8. The van der Waals surface area contributed by atoms with Crippen molar-refractivity contribution in [2.24, 2.45) is 0 Å². The number of carbonyl (C=O) groups is 1. The summed E-state index contributed by atoms with van der Waals surface area (Å²) in [5, 5.41) is 15.1. The molecule has 6 heteroatoms. The largest absolute Gasteiger partial charge is 0.545 e. The molecule has 0 atom stereocenters. The van der Waals surface area contributed by atoms with E-state index in [9.17, 15) is 9.90 Å². The minimum atomic E-state index is -1.36. The molecule has 0 N–H and O–H groups in total. The molecule has 9 aromatic rings. The Hall–Kier alpha value is -7.54. The highest BCUT2D eigenvalue weighted by atomic mass is 32.2. The summed E-state index contributed by atoms with van der Waals surface area (Å²) in [5.74, 6) is 0.799. The van der Waals surface area contributed by atoms with E-state index in [-0.39, 0.29) is 33.7 Å². The van der Waals surface area contributed by atoms with Crippen LogP contribution in [0.2, 0.25) is 0 Å². The number of carboxylic acids is 1. The van der Waals surface area contributed by atoms with E-state index in [1.165, 1.54) is 31.5 Å². The lowest BCUT2D eigenvalue weighted by Crippen LogP contribution is -2.23. The van der Waals surface area contributed by atoms with Gasteiger partial charge in [-0.2, -0.15) is 0 Å². The lowest BCUT2D eigenvalue weighted by atomic mass is 9.97. The molecule has 0 unspecified atom stereocenters. The first-order valence-corrected chi connectivity index (χ1v) is 20.3. The van der Waals surface area contributed by atoms with Crippen molar-refractivity contribution in [3.63, 3.8) is 0 Å². The van der Waals surface area contributed by atoms with Crippen molar-refractivity contribution in [2.75, 3.05) is 0 Å². The highest BCUT2D eigenvalue weighted by Gasteiger charge is 2.30. The zero-order chi connectivity index (χ0) is 40.2. The Kier molecular flexibility index (Phi) is 12.1. The summed E-state index contributed by atoms with van der Waals surface area (Å²) >= 11 is 0. The van der Waals surface area contributed by atoms with Gasteiger partial charge in [-0.25, -0.2) is 0 Å². The standard InChI is InChI=1S/C31H22O5.C22H17S/c32-31(33)26-21-27(34-23-15-7-2-8-16-23)29(35-24-17-9-3-10-18-24)30(36-25-19-11-4-12-20-25)28(26)22-13-5-1-6-14-22;1-3-12-19(13-4-1)23(20-14-5-2-6-15-20)22-17-9-11-18-10-7-8-16-21(18)22/h1-21H,(H,32,33);1-17H/q;+1/p-1. The Morgan fingerprint density at radius 1 is 0.424 bits per heavy atom. The van der Waals surface area contributed by atoms with Gasteiger partial charge in [-0.3, -0.25) is 0 Å². The van der Waals surface area contributed by atoms with Crippen LogP contribution < -0.4 is 19.3 Å². The van der Waals surface area contributed by atoms with E-state index in [2.05, 4.69) is 103 Å². The van der Waals surface area contributed by atoms with E-state index in [1.807, 2.05) is 84.9 Å². The Labute approximate surface area is 346 Å². The molecule has 0 radical (unpaired) electrons. The van der Waals surface area contributed by atoms with E-state index >= 15 is 0 Å². The lowest BCUT2D eigenvalue weighted by Gasteiger charge is -2.23. The molecule has 0 saturated heterocycles. The molecule has 0 saturated carbocycles. The van der Waals surface area contributed by atoms with Gasteiger partial charge >= 0.3 is 0 Å². The number of para-hydroxylation sites is 3. The second kappa shape index (κ2) is 18.6. The third-order valence-corrected chi connectivity index (χ3v) is 11.6. The molecule has 9 rings (SSSR count). The molecule has 0 heterocycles. The molecule has 59 heavy (non-hydrogen) atoms. The predicted octanol–water partition coefficient (Wildman–Crippen LogP) is 13.0. The first-order chi connectivity index (χ1) is 29.1. The highest BCUT2D eigenvalue weighted by molar-refractivity contribution is 7.97. The number of hydrogen-bond donors (Lipinski definition) is 0. The number of benzene rings is 9. The van der Waals surface area contributed by atoms with Gasteiger partial charge in [0.2, 0.25) is 5.75 Å². The number of carbonyl (C=O) groups excluding carboxylic acids is 1. The second-order valence-electron chi connectivity index (χ2n) is 13.3. The zero-order valence-electron chi connectivity index (χ0n) is 31.9. The number of fused-ring (bicyclic) bond motifs is 1. The van der Waals surface area contributed by atoms with Crippen LogP contribution >= 0.6 is 0 Å². The van der Waals surface area contributed by atoms with Crippen LogP contribution in [0.4, 0.5) is 0 Å². The molecule has 0 amide bonds. The van der Waals surface area contributed by atoms with Crippen molar-refractivity contribution in [2.45, 2.75) is 14.7 Å². The molecule has 286 valence electrons. The Morgan fingerprint density at radius 3 is 1.37 bits per heavy atom. The Morgan fingerprint density at radius 2 is 0.847 bits per heavy atom. The monoisotopic (exact) mass is 786 g/mol. The topological polar surface area (TPSA) is 67.8 Å². The van der Waals surface area contributed by atoms with Gasteiger partial charge in [-0.1, -0.05) is 152 Å². The van der Waals surface area contributed by atoms with Crippen LogP contribution in [-0.2, 0) is 10.9 Å².